The predicted molar refractivity (Wildman–Crippen MR) is 94.2 cm³/mol. The van der Waals surface area contributed by atoms with Gasteiger partial charge in [0.1, 0.15) is 4.99 Å². The molecule has 0 unspecified atom stereocenters. The van der Waals surface area contributed by atoms with Crippen LogP contribution in [0.5, 0.6) is 0 Å². The molecule has 0 spiro atoms. The Morgan fingerprint density at radius 1 is 1.14 bits per heavy atom. The lowest BCUT2D eigenvalue weighted by Crippen LogP contribution is -2.27. The summed E-state index contributed by atoms with van der Waals surface area (Å²) in [6, 6.07) is 12.4. The van der Waals surface area contributed by atoms with E-state index in [1.807, 2.05) is 25.1 Å². The maximum Gasteiger partial charge on any atom is 0.104 e. The number of ether oxygens (including phenoxy) is 1. The van der Waals surface area contributed by atoms with Gasteiger partial charge < -0.3 is 15.4 Å². The van der Waals surface area contributed by atoms with E-state index >= 15 is 0 Å². The van der Waals surface area contributed by atoms with Gasteiger partial charge in [0.25, 0.3) is 0 Å². The average molecular weight is 302 g/mol. The Bertz CT molecular complexity index is 627. The third kappa shape index (κ3) is 3.52. The number of likely N-dealkylation sites (N-methyl/N-ethyl adjacent to an activating group) is 1. The minimum atomic E-state index is 0.440. The van der Waals surface area contributed by atoms with Crippen LogP contribution in [0, 0.1) is 0 Å². The maximum atomic E-state index is 5.83. The molecule has 0 saturated heterocycles. The van der Waals surface area contributed by atoms with Gasteiger partial charge >= 0.3 is 0 Å². The molecular weight excluding hydrogens is 280 g/mol. The van der Waals surface area contributed by atoms with Crippen molar-refractivity contribution in [3.05, 3.63) is 42.0 Å². The second-order valence-electron chi connectivity index (χ2n) is 4.82. The minimum Gasteiger partial charge on any atom is -0.389 e. The highest BCUT2D eigenvalue weighted by Crippen LogP contribution is 2.29. The molecule has 3 nitrogen and oxygen atoms in total. The van der Waals surface area contributed by atoms with E-state index in [1.165, 1.54) is 11.1 Å². The lowest BCUT2D eigenvalue weighted by atomic mass is 10.0. The highest BCUT2D eigenvalue weighted by Gasteiger charge is 2.11. The van der Waals surface area contributed by atoms with Crippen LogP contribution in [0.4, 0.5) is 5.69 Å². The topological polar surface area (TPSA) is 38.5 Å². The van der Waals surface area contributed by atoms with E-state index in [9.17, 15) is 0 Å². The second kappa shape index (κ2) is 7.38. The lowest BCUT2D eigenvalue weighted by Gasteiger charge is -2.25. The van der Waals surface area contributed by atoms with Crippen LogP contribution in [-0.2, 0) is 4.74 Å². The molecule has 2 aromatic rings. The molecule has 112 valence electrons. The van der Waals surface area contributed by atoms with Crippen molar-refractivity contribution in [1.29, 1.82) is 0 Å². The molecule has 0 aliphatic carbocycles. The molecule has 2 N–H and O–H groups in total. The van der Waals surface area contributed by atoms with Gasteiger partial charge in [0.15, 0.2) is 0 Å². The van der Waals surface area contributed by atoms with Crippen molar-refractivity contribution >= 4 is 33.7 Å². The van der Waals surface area contributed by atoms with E-state index in [-0.39, 0.29) is 0 Å². The Hall–Kier alpha value is -1.65. The molecule has 4 heteroatoms. The summed E-state index contributed by atoms with van der Waals surface area (Å²) in [5.74, 6) is 0. The minimum absolute atomic E-state index is 0.440. The fourth-order valence-corrected chi connectivity index (χ4v) is 2.72. The molecule has 0 heterocycles. The zero-order valence-electron chi connectivity index (χ0n) is 12.6. The number of hydrogen-bond acceptors (Lipinski definition) is 3. The van der Waals surface area contributed by atoms with E-state index in [0.29, 0.717) is 4.99 Å². The Labute approximate surface area is 131 Å². The van der Waals surface area contributed by atoms with E-state index in [1.54, 1.807) is 0 Å². The molecule has 21 heavy (non-hydrogen) atoms. The molecule has 0 fully saturated rings. The first-order valence-corrected chi connectivity index (χ1v) is 7.74. The van der Waals surface area contributed by atoms with Gasteiger partial charge in [-0.05, 0) is 31.4 Å². The molecule has 0 aromatic heterocycles. The zero-order valence-corrected chi connectivity index (χ0v) is 13.5. The highest BCUT2D eigenvalue weighted by atomic mass is 32.1. The summed E-state index contributed by atoms with van der Waals surface area (Å²) in [5, 5.41) is 2.29. The van der Waals surface area contributed by atoms with Gasteiger partial charge in [-0.3, -0.25) is 0 Å². The molecule has 0 amide bonds. The first-order chi connectivity index (χ1) is 10.2. The van der Waals surface area contributed by atoms with Crippen LogP contribution in [0.1, 0.15) is 19.4 Å². The summed E-state index contributed by atoms with van der Waals surface area (Å²) in [7, 11) is 0. The molecule has 0 radical (unpaired) electrons. The smallest absolute Gasteiger partial charge is 0.104 e. The van der Waals surface area contributed by atoms with Crippen molar-refractivity contribution in [3.63, 3.8) is 0 Å². The molecular formula is C17H22N2OS. The van der Waals surface area contributed by atoms with Crippen LogP contribution in [0.3, 0.4) is 0 Å². The number of benzene rings is 2. The molecule has 2 rings (SSSR count). The molecule has 0 aliphatic heterocycles. The van der Waals surface area contributed by atoms with Crippen LogP contribution in [0.2, 0.25) is 0 Å². The number of fused-ring (bicyclic) bond motifs is 1. The normalized spacial score (nSPS) is 10.8. The maximum absolute atomic E-state index is 5.83. The molecule has 2 aromatic carbocycles. The van der Waals surface area contributed by atoms with Crippen molar-refractivity contribution in [3.8, 4) is 0 Å². The van der Waals surface area contributed by atoms with E-state index in [0.717, 1.165) is 37.3 Å². The fraction of sp³-hybridized carbons (Fsp3) is 0.353. The van der Waals surface area contributed by atoms with E-state index < -0.39 is 0 Å². The van der Waals surface area contributed by atoms with Crippen LogP contribution in [0.15, 0.2) is 36.4 Å². The fourth-order valence-electron chi connectivity index (χ4n) is 2.54. The quantitative estimate of drug-likeness (QED) is 0.629. The summed E-state index contributed by atoms with van der Waals surface area (Å²) < 4.78 is 5.48. The van der Waals surface area contributed by atoms with Crippen molar-refractivity contribution < 1.29 is 4.74 Å². The number of hydrogen-bond donors (Lipinski definition) is 1. The van der Waals surface area contributed by atoms with Crippen LogP contribution in [0.25, 0.3) is 10.8 Å². The van der Waals surface area contributed by atoms with Gasteiger partial charge in [0, 0.05) is 36.3 Å². The van der Waals surface area contributed by atoms with Crippen molar-refractivity contribution in [2.45, 2.75) is 13.8 Å². The second-order valence-corrected chi connectivity index (χ2v) is 5.26. The summed E-state index contributed by atoms with van der Waals surface area (Å²) in [5.41, 5.74) is 7.97. The summed E-state index contributed by atoms with van der Waals surface area (Å²) in [6.45, 7) is 7.46. The Morgan fingerprint density at radius 3 is 2.48 bits per heavy atom. The molecule has 0 atom stereocenters. The van der Waals surface area contributed by atoms with Crippen LogP contribution < -0.4 is 10.6 Å². The number of nitrogens with zero attached hydrogens (tertiary/aromatic N) is 1. The van der Waals surface area contributed by atoms with Gasteiger partial charge in [0.05, 0.1) is 6.61 Å². The first-order valence-electron chi connectivity index (χ1n) is 7.33. The summed E-state index contributed by atoms with van der Waals surface area (Å²) in [6.07, 6.45) is 0. The van der Waals surface area contributed by atoms with Gasteiger partial charge in [-0.25, -0.2) is 0 Å². The Morgan fingerprint density at radius 2 is 1.86 bits per heavy atom. The lowest BCUT2D eigenvalue weighted by molar-refractivity contribution is 0.154. The van der Waals surface area contributed by atoms with Gasteiger partial charge in [-0.15, -0.1) is 0 Å². The molecule has 0 saturated carbocycles. The van der Waals surface area contributed by atoms with Crippen LogP contribution in [-0.4, -0.2) is 31.3 Å². The summed E-state index contributed by atoms with van der Waals surface area (Å²) >= 11 is 5.16. The number of rotatable bonds is 7. The third-order valence-electron chi connectivity index (χ3n) is 3.60. The van der Waals surface area contributed by atoms with Gasteiger partial charge in [-0.2, -0.15) is 0 Å². The number of anilines is 1. The summed E-state index contributed by atoms with van der Waals surface area (Å²) in [4.78, 5) is 2.76. The van der Waals surface area contributed by atoms with Crippen molar-refractivity contribution in [2.75, 3.05) is 31.2 Å². The van der Waals surface area contributed by atoms with Crippen molar-refractivity contribution in [1.82, 2.24) is 0 Å². The van der Waals surface area contributed by atoms with Gasteiger partial charge in [0.2, 0.25) is 0 Å². The molecule has 0 bridgehead atoms. The Kier molecular flexibility index (Phi) is 5.53. The average Bonchev–Trinajstić information content (AvgIpc) is 2.51. The molecule has 0 aliphatic rings. The zero-order chi connectivity index (χ0) is 15.2. The third-order valence-corrected chi connectivity index (χ3v) is 3.82. The van der Waals surface area contributed by atoms with Gasteiger partial charge in [-0.1, -0.05) is 36.5 Å². The van der Waals surface area contributed by atoms with E-state index in [4.69, 9.17) is 22.7 Å². The standard InChI is InChI=1S/C17H22N2OS/c1-3-19(11-12-20-4-2)16-10-9-15(17(18)21)13-7-5-6-8-14(13)16/h5-10H,3-4,11-12H2,1-2H3,(H2,18,21). The Balaban J connectivity index is 2.44. The monoisotopic (exact) mass is 302 g/mol. The largest absolute Gasteiger partial charge is 0.389 e. The predicted octanol–water partition coefficient (Wildman–Crippen LogP) is 3.34. The SMILES string of the molecule is CCOCCN(CC)c1ccc(C(N)=S)c2ccccc12. The number of thiocarbonyl (C=S) groups is 1. The van der Waals surface area contributed by atoms with Crippen molar-refractivity contribution in [2.24, 2.45) is 5.73 Å². The first kappa shape index (κ1) is 15.7. The highest BCUT2D eigenvalue weighted by molar-refractivity contribution is 7.80. The number of nitrogens with two attached hydrogens (primary N) is 1. The van der Waals surface area contributed by atoms with E-state index in [2.05, 4.69) is 30.0 Å². The van der Waals surface area contributed by atoms with Crippen LogP contribution >= 0.6 is 12.2 Å².